The molecular formula is C18H23ClN2O3S2. The Labute approximate surface area is 164 Å². The van der Waals surface area contributed by atoms with E-state index in [1.165, 1.54) is 11.6 Å². The number of morpholine rings is 1. The van der Waals surface area contributed by atoms with E-state index in [0.29, 0.717) is 10.9 Å². The third-order valence-electron chi connectivity index (χ3n) is 4.33. The summed E-state index contributed by atoms with van der Waals surface area (Å²) in [6, 6.07) is 13.4. The van der Waals surface area contributed by atoms with Gasteiger partial charge >= 0.3 is 0 Å². The molecular weight excluding hydrogens is 392 g/mol. The van der Waals surface area contributed by atoms with Gasteiger partial charge in [-0.05, 0) is 37.1 Å². The molecule has 1 fully saturated rings. The van der Waals surface area contributed by atoms with E-state index in [-0.39, 0.29) is 10.3 Å². The average Bonchev–Trinajstić information content (AvgIpc) is 3.10. The van der Waals surface area contributed by atoms with Crippen LogP contribution in [-0.4, -0.2) is 46.1 Å². The highest BCUT2D eigenvalue weighted by Gasteiger charge is 2.21. The van der Waals surface area contributed by atoms with E-state index in [2.05, 4.69) is 21.8 Å². The first-order valence-corrected chi connectivity index (χ1v) is 11.4. The zero-order chi connectivity index (χ0) is 18.4. The Bertz CT molecular complexity index is 796. The van der Waals surface area contributed by atoms with Gasteiger partial charge in [0.15, 0.2) is 0 Å². The maximum Gasteiger partial charge on any atom is 0.250 e. The van der Waals surface area contributed by atoms with Crippen LogP contribution >= 0.6 is 22.9 Å². The Morgan fingerprint density at radius 3 is 2.73 bits per heavy atom. The topological polar surface area (TPSA) is 58.6 Å². The van der Waals surface area contributed by atoms with Gasteiger partial charge < -0.3 is 4.74 Å². The third-order valence-corrected chi connectivity index (χ3v) is 7.51. The van der Waals surface area contributed by atoms with Crippen molar-refractivity contribution in [2.45, 2.75) is 23.2 Å². The van der Waals surface area contributed by atoms with E-state index < -0.39 is 10.0 Å². The number of unbranched alkanes of at least 4 members (excludes halogenated alkanes) is 1. The molecule has 142 valence electrons. The molecule has 2 heterocycles. The number of ether oxygens (including phenoxy) is 1. The number of sulfonamides is 1. The van der Waals surface area contributed by atoms with Crippen LogP contribution in [0.25, 0.3) is 0 Å². The molecule has 26 heavy (non-hydrogen) atoms. The maximum atomic E-state index is 12.1. The number of benzene rings is 1. The number of hydrogen-bond donors (Lipinski definition) is 1. The SMILES string of the molecule is O=S(=O)(NCCCCN1CCOC(c2ccccc2)C1)c1ccc(Cl)s1. The summed E-state index contributed by atoms with van der Waals surface area (Å²) in [5.41, 5.74) is 1.21. The first kappa shape index (κ1) is 19.8. The van der Waals surface area contributed by atoms with Crippen molar-refractivity contribution >= 4 is 33.0 Å². The van der Waals surface area contributed by atoms with Gasteiger partial charge in [-0.25, -0.2) is 13.1 Å². The van der Waals surface area contributed by atoms with Gasteiger partial charge in [-0.1, -0.05) is 41.9 Å². The molecule has 0 spiro atoms. The molecule has 1 aromatic heterocycles. The van der Waals surface area contributed by atoms with Gasteiger partial charge in [-0.15, -0.1) is 11.3 Å². The molecule has 1 atom stereocenters. The predicted molar refractivity (Wildman–Crippen MR) is 105 cm³/mol. The number of hydrogen-bond acceptors (Lipinski definition) is 5. The molecule has 2 aromatic rings. The molecule has 1 unspecified atom stereocenters. The van der Waals surface area contributed by atoms with Gasteiger partial charge in [0, 0.05) is 19.6 Å². The normalized spacial score (nSPS) is 18.9. The van der Waals surface area contributed by atoms with Crippen LogP contribution < -0.4 is 4.72 Å². The molecule has 1 N–H and O–H groups in total. The lowest BCUT2D eigenvalue weighted by molar-refractivity contribution is -0.0303. The highest BCUT2D eigenvalue weighted by atomic mass is 35.5. The summed E-state index contributed by atoms with van der Waals surface area (Å²) in [7, 11) is -3.44. The van der Waals surface area contributed by atoms with Gasteiger partial charge in [0.2, 0.25) is 10.0 Å². The Morgan fingerprint density at radius 1 is 1.19 bits per heavy atom. The monoisotopic (exact) mass is 414 g/mol. The van der Waals surface area contributed by atoms with Crippen LogP contribution in [0.1, 0.15) is 24.5 Å². The zero-order valence-corrected chi connectivity index (χ0v) is 16.8. The molecule has 0 bridgehead atoms. The first-order valence-electron chi connectivity index (χ1n) is 8.68. The van der Waals surface area contributed by atoms with E-state index in [4.69, 9.17) is 16.3 Å². The van der Waals surface area contributed by atoms with Crippen LogP contribution in [0.5, 0.6) is 0 Å². The Kier molecular flexibility index (Phi) is 7.08. The smallest absolute Gasteiger partial charge is 0.250 e. The van der Waals surface area contributed by atoms with Crippen LogP contribution in [0.2, 0.25) is 4.34 Å². The molecule has 0 radical (unpaired) electrons. The standard InChI is InChI=1S/C18H23ClN2O3S2/c19-17-8-9-18(25-17)26(22,23)20-10-4-5-11-21-12-13-24-16(14-21)15-6-2-1-3-7-15/h1-3,6-9,16,20H,4-5,10-14H2. The highest BCUT2D eigenvalue weighted by Crippen LogP contribution is 2.25. The predicted octanol–water partition coefficient (Wildman–Crippen LogP) is 3.53. The fourth-order valence-corrected chi connectivity index (χ4v) is 5.56. The van der Waals surface area contributed by atoms with Crippen molar-refractivity contribution in [3.63, 3.8) is 0 Å². The maximum absolute atomic E-state index is 12.1. The molecule has 5 nitrogen and oxygen atoms in total. The summed E-state index contributed by atoms with van der Waals surface area (Å²) in [6.45, 7) is 3.90. The molecule has 3 rings (SSSR count). The average molecular weight is 415 g/mol. The summed E-state index contributed by atoms with van der Waals surface area (Å²) in [6.07, 6.45) is 1.85. The van der Waals surface area contributed by atoms with Crippen LogP contribution in [0.3, 0.4) is 0 Å². The van der Waals surface area contributed by atoms with E-state index in [9.17, 15) is 8.42 Å². The summed E-state index contributed by atoms with van der Waals surface area (Å²) in [5.74, 6) is 0. The summed E-state index contributed by atoms with van der Waals surface area (Å²) in [5, 5.41) is 0. The van der Waals surface area contributed by atoms with Crippen LogP contribution in [0, 0.1) is 0 Å². The van der Waals surface area contributed by atoms with E-state index >= 15 is 0 Å². The minimum atomic E-state index is -3.44. The van der Waals surface area contributed by atoms with Crippen molar-refractivity contribution in [2.24, 2.45) is 0 Å². The van der Waals surface area contributed by atoms with Crippen molar-refractivity contribution in [1.82, 2.24) is 9.62 Å². The third kappa shape index (κ3) is 5.52. The van der Waals surface area contributed by atoms with Crippen molar-refractivity contribution in [1.29, 1.82) is 0 Å². The first-order chi connectivity index (χ1) is 12.5. The summed E-state index contributed by atoms with van der Waals surface area (Å²) in [4.78, 5) is 2.38. The number of thiophene rings is 1. The van der Waals surface area contributed by atoms with Crippen molar-refractivity contribution < 1.29 is 13.2 Å². The number of nitrogens with zero attached hydrogens (tertiary/aromatic N) is 1. The van der Waals surface area contributed by atoms with E-state index in [1.54, 1.807) is 6.07 Å². The number of nitrogens with one attached hydrogen (secondary N) is 1. The minimum Gasteiger partial charge on any atom is -0.371 e. The Morgan fingerprint density at radius 2 is 2.00 bits per heavy atom. The number of halogens is 1. The van der Waals surface area contributed by atoms with Crippen molar-refractivity contribution in [3.05, 3.63) is 52.4 Å². The lowest BCUT2D eigenvalue weighted by Gasteiger charge is -2.33. The lowest BCUT2D eigenvalue weighted by Crippen LogP contribution is -2.39. The molecule has 1 aliphatic heterocycles. The second-order valence-electron chi connectivity index (χ2n) is 6.23. The Balaban J connectivity index is 1.38. The molecule has 0 amide bonds. The fourth-order valence-electron chi connectivity index (χ4n) is 2.96. The van der Waals surface area contributed by atoms with Crippen LogP contribution in [0.4, 0.5) is 0 Å². The van der Waals surface area contributed by atoms with E-state index in [0.717, 1.165) is 50.4 Å². The van der Waals surface area contributed by atoms with Gasteiger partial charge in [-0.3, -0.25) is 4.90 Å². The minimum absolute atomic E-state index is 0.118. The molecule has 1 saturated heterocycles. The van der Waals surface area contributed by atoms with E-state index in [1.807, 2.05) is 18.2 Å². The van der Waals surface area contributed by atoms with Gasteiger partial charge in [0.1, 0.15) is 4.21 Å². The molecule has 0 aliphatic carbocycles. The van der Waals surface area contributed by atoms with Gasteiger partial charge in [0.05, 0.1) is 17.0 Å². The Hall–Kier alpha value is -0.960. The largest absolute Gasteiger partial charge is 0.371 e. The second-order valence-corrected chi connectivity index (χ2v) is 9.94. The molecule has 1 aromatic carbocycles. The number of rotatable bonds is 8. The van der Waals surface area contributed by atoms with Gasteiger partial charge in [0.25, 0.3) is 0 Å². The highest BCUT2D eigenvalue weighted by molar-refractivity contribution is 7.91. The zero-order valence-electron chi connectivity index (χ0n) is 14.4. The summed E-state index contributed by atoms with van der Waals surface area (Å²) < 4.78 is 33.5. The quantitative estimate of drug-likeness (QED) is 0.671. The summed E-state index contributed by atoms with van der Waals surface area (Å²) >= 11 is 6.87. The lowest BCUT2D eigenvalue weighted by atomic mass is 10.1. The van der Waals surface area contributed by atoms with Crippen molar-refractivity contribution in [2.75, 3.05) is 32.8 Å². The van der Waals surface area contributed by atoms with Crippen LogP contribution in [-0.2, 0) is 14.8 Å². The molecule has 0 saturated carbocycles. The molecule has 8 heteroatoms. The van der Waals surface area contributed by atoms with Crippen molar-refractivity contribution in [3.8, 4) is 0 Å². The second kappa shape index (κ2) is 9.30. The van der Waals surface area contributed by atoms with Crippen LogP contribution in [0.15, 0.2) is 46.7 Å². The molecule has 1 aliphatic rings. The fraction of sp³-hybridized carbons (Fsp3) is 0.444. The van der Waals surface area contributed by atoms with Gasteiger partial charge in [-0.2, -0.15) is 0 Å².